The molecule has 0 saturated carbocycles. The van der Waals surface area contributed by atoms with Gasteiger partial charge in [0, 0.05) is 11.1 Å². The molecule has 0 spiro atoms. The van der Waals surface area contributed by atoms with Gasteiger partial charge in [-0.15, -0.1) is 0 Å². The Morgan fingerprint density at radius 3 is 2.50 bits per heavy atom. The lowest BCUT2D eigenvalue weighted by atomic mass is 10.1. The van der Waals surface area contributed by atoms with Gasteiger partial charge in [-0.1, -0.05) is 30.8 Å². The summed E-state index contributed by atoms with van der Waals surface area (Å²) in [7, 11) is 4.37. The van der Waals surface area contributed by atoms with Crippen LogP contribution in [0.1, 0.15) is 22.3 Å². The summed E-state index contributed by atoms with van der Waals surface area (Å²) in [5.74, 6) is 0.684. The molecule has 0 fully saturated rings. The Hall–Kier alpha value is -3.25. The second-order valence-corrected chi connectivity index (χ2v) is 5.95. The first-order valence-electron chi connectivity index (χ1n) is 8.63. The minimum absolute atomic E-state index is 0.315. The second-order valence-electron chi connectivity index (χ2n) is 5.95. The summed E-state index contributed by atoms with van der Waals surface area (Å²) in [6.45, 7) is 6.19. The van der Waals surface area contributed by atoms with Crippen molar-refractivity contribution in [1.29, 1.82) is 0 Å². The smallest absolute Gasteiger partial charge is 0.334 e. The summed E-state index contributed by atoms with van der Waals surface area (Å²) in [5, 5.41) is 0. The van der Waals surface area contributed by atoms with Crippen LogP contribution >= 0.6 is 0 Å². The van der Waals surface area contributed by atoms with Gasteiger partial charge in [0.1, 0.15) is 18.1 Å². The predicted molar refractivity (Wildman–Crippen MR) is 108 cm³/mol. The highest BCUT2D eigenvalue weighted by Gasteiger charge is 2.12. The average molecular weight is 383 g/mol. The first-order chi connectivity index (χ1) is 13.5. The van der Waals surface area contributed by atoms with Crippen LogP contribution in [0.3, 0.4) is 0 Å². The fraction of sp³-hybridized carbons (Fsp3) is 0.227. The Kier molecular flexibility index (Phi) is 7.65. The topological polar surface area (TPSA) is 66.0 Å². The second kappa shape index (κ2) is 10.2. The number of nitrogens with one attached hydrogen (secondary N) is 1. The molecular formula is C22H25NO5. The molecule has 6 nitrogen and oxygen atoms in total. The maximum absolute atomic E-state index is 11.6. The van der Waals surface area contributed by atoms with Gasteiger partial charge in [0.15, 0.2) is 0 Å². The molecule has 0 unspecified atom stereocenters. The number of rotatable bonds is 9. The highest BCUT2D eigenvalue weighted by molar-refractivity contribution is 5.90. The quantitative estimate of drug-likeness (QED) is 0.307. The van der Waals surface area contributed by atoms with Crippen molar-refractivity contribution < 1.29 is 23.8 Å². The van der Waals surface area contributed by atoms with E-state index in [4.69, 9.17) is 14.3 Å². The number of hydroxylamine groups is 1. The van der Waals surface area contributed by atoms with E-state index >= 15 is 0 Å². The van der Waals surface area contributed by atoms with Gasteiger partial charge >= 0.3 is 5.97 Å². The number of aryl methyl sites for hydroxylation is 1. The molecule has 0 aliphatic rings. The Labute approximate surface area is 165 Å². The standard InChI is InChI=1S/C22H25NO5/c1-15-12-17(16(2)23-27-5)10-11-20(15)28-14-18-8-6-7-9-19(18)21(25-3)13-22(24)26-4/h6-13,23H,2,14H2,1,3-5H3. The van der Waals surface area contributed by atoms with E-state index in [1.54, 1.807) is 0 Å². The molecule has 0 aromatic heterocycles. The van der Waals surface area contributed by atoms with E-state index in [0.717, 1.165) is 28.0 Å². The lowest BCUT2D eigenvalue weighted by Gasteiger charge is -2.15. The lowest BCUT2D eigenvalue weighted by Crippen LogP contribution is -2.09. The van der Waals surface area contributed by atoms with Gasteiger partial charge < -0.3 is 14.2 Å². The van der Waals surface area contributed by atoms with Crippen LogP contribution in [0.4, 0.5) is 0 Å². The molecule has 2 rings (SSSR count). The first kappa shape index (κ1) is 21.1. The summed E-state index contributed by atoms with van der Waals surface area (Å²) < 4.78 is 16.1. The fourth-order valence-corrected chi connectivity index (χ4v) is 2.64. The van der Waals surface area contributed by atoms with Crippen molar-refractivity contribution >= 4 is 17.4 Å². The molecule has 0 bridgehead atoms. The molecule has 0 aliphatic carbocycles. The number of hydrogen-bond donors (Lipinski definition) is 1. The van der Waals surface area contributed by atoms with Crippen LogP contribution < -0.4 is 10.2 Å². The number of benzene rings is 2. The number of carbonyl (C=O) groups excluding carboxylic acids is 1. The molecule has 0 aliphatic heterocycles. The maximum Gasteiger partial charge on any atom is 0.334 e. The third-order valence-electron chi connectivity index (χ3n) is 4.08. The molecule has 0 amide bonds. The zero-order valence-corrected chi connectivity index (χ0v) is 16.6. The molecule has 0 heterocycles. The van der Waals surface area contributed by atoms with Crippen molar-refractivity contribution in [3.63, 3.8) is 0 Å². The normalized spacial score (nSPS) is 10.9. The SMILES string of the molecule is C=C(NOC)c1ccc(OCc2ccccc2C(=CC(=O)OC)OC)c(C)c1. The minimum atomic E-state index is -0.482. The van der Waals surface area contributed by atoms with Crippen LogP contribution in [0.2, 0.25) is 0 Å². The van der Waals surface area contributed by atoms with Crippen molar-refractivity contribution in [2.24, 2.45) is 0 Å². The molecule has 148 valence electrons. The Balaban J connectivity index is 2.21. The van der Waals surface area contributed by atoms with Gasteiger partial charge in [-0.05, 0) is 36.2 Å². The molecule has 0 atom stereocenters. The first-order valence-corrected chi connectivity index (χ1v) is 8.63. The largest absolute Gasteiger partial charge is 0.496 e. The number of hydrogen-bond acceptors (Lipinski definition) is 6. The van der Waals surface area contributed by atoms with Crippen molar-refractivity contribution in [2.75, 3.05) is 21.3 Å². The van der Waals surface area contributed by atoms with Gasteiger partial charge in [0.25, 0.3) is 0 Å². The van der Waals surface area contributed by atoms with Gasteiger partial charge in [-0.2, -0.15) is 0 Å². The Morgan fingerprint density at radius 1 is 1.11 bits per heavy atom. The van der Waals surface area contributed by atoms with Crippen molar-refractivity contribution in [2.45, 2.75) is 13.5 Å². The zero-order chi connectivity index (χ0) is 20.5. The maximum atomic E-state index is 11.6. The van der Waals surface area contributed by atoms with Crippen molar-refractivity contribution in [1.82, 2.24) is 5.48 Å². The minimum Gasteiger partial charge on any atom is -0.496 e. The number of esters is 1. The van der Waals surface area contributed by atoms with Crippen LogP contribution in [-0.2, 0) is 25.7 Å². The van der Waals surface area contributed by atoms with Crippen LogP contribution in [0.15, 0.2) is 55.1 Å². The van der Waals surface area contributed by atoms with Crippen LogP contribution in [0.25, 0.3) is 11.5 Å². The highest BCUT2D eigenvalue weighted by atomic mass is 16.6. The van der Waals surface area contributed by atoms with E-state index in [2.05, 4.69) is 16.8 Å². The summed E-state index contributed by atoms with van der Waals surface area (Å²) in [5.41, 5.74) is 6.91. The van der Waals surface area contributed by atoms with Gasteiger partial charge in [-0.25, -0.2) is 4.79 Å². The van der Waals surface area contributed by atoms with E-state index in [1.165, 1.54) is 27.4 Å². The van der Waals surface area contributed by atoms with Gasteiger partial charge in [0.05, 0.1) is 33.1 Å². The predicted octanol–water partition coefficient (Wildman–Crippen LogP) is 3.86. The van der Waals surface area contributed by atoms with Crippen LogP contribution in [0, 0.1) is 6.92 Å². The summed E-state index contributed by atoms with van der Waals surface area (Å²) in [6.07, 6.45) is 1.31. The average Bonchev–Trinajstić information content (AvgIpc) is 2.71. The van der Waals surface area contributed by atoms with E-state index < -0.39 is 5.97 Å². The van der Waals surface area contributed by atoms with E-state index in [0.29, 0.717) is 18.1 Å². The van der Waals surface area contributed by atoms with Crippen molar-refractivity contribution in [3.05, 3.63) is 77.4 Å². The third kappa shape index (κ3) is 5.37. The monoisotopic (exact) mass is 383 g/mol. The molecule has 2 aromatic rings. The molecule has 0 radical (unpaired) electrons. The zero-order valence-electron chi connectivity index (χ0n) is 16.6. The van der Waals surface area contributed by atoms with Gasteiger partial charge in [-0.3, -0.25) is 10.3 Å². The van der Waals surface area contributed by atoms with Crippen LogP contribution in [-0.4, -0.2) is 27.3 Å². The summed E-state index contributed by atoms with van der Waals surface area (Å²) in [6, 6.07) is 13.3. The number of ether oxygens (including phenoxy) is 3. The van der Waals surface area contributed by atoms with E-state index in [1.807, 2.05) is 49.4 Å². The Bertz CT molecular complexity index is 873. The molecule has 6 heteroatoms. The molecular weight excluding hydrogens is 358 g/mol. The van der Waals surface area contributed by atoms with Crippen LogP contribution in [0.5, 0.6) is 5.75 Å². The van der Waals surface area contributed by atoms with E-state index in [9.17, 15) is 4.79 Å². The molecule has 0 saturated heterocycles. The number of carbonyl (C=O) groups is 1. The van der Waals surface area contributed by atoms with Crippen molar-refractivity contribution in [3.8, 4) is 5.75 Å². The highest BCUT2D eigenvalue weighted by Crippen LogP contribution is 2.25. The molecule has 28 heavy (non-hydrogen) atoms. The molecule has 1 N–H and O–H groups in total. The molecule has 2 aromatic carbocycles. The fourth-order valence-electron chi connectivity index (χ4n) is 2.64. The van der Waals surface area contributed by atoms with Gasteiger partial charge in [0.2, 0.25) is 0 Å². The third-order valence-corrected chi connectivity index (χ3v) is 4.08. The Morgan fingerprint density at radius 2 is 1.86 bits per heavy atom. The lowest BCUT2D eigenvalue weighted by molar-refractivity contribution is -0.134. The summed E-state index contributed by atoms with van der Waals surface area (Å²) >= 11 is 0. The number of methoxy groups -OCH3 is 2. The summed E-state index contributed by atoms with van der Waals surface area (Å²) in [4.78, 5) is 16.5. The van der Waals surface area contributed by atoms with E-state index in [-0.39, 0.29) is 0 Å².